The third kappa shape index (κ3) is 3.65. The van der Waals surface area contributed by atoms with Crippen molar-refractivity contribution >= 4 is 11.8 Å². The minimum atomic E-state index is -0.715. The standard InChI is InChI=1S/C20H25N3O2/c1-4-17-14(3)21-18(15-9-7-13(2)8-10-15)22-19(17)23-11-5-6-16(12-23)20(24)25/h7-10,16H,4-6,11-12H2,1-3H3,(H,24,25). The molecule has 2 heterocycles. The summed E-state index contributed by atoms with van der Waals surface area (Å²) in [6.45, 7) is 7.54. The smallest absolute Gasteiger partial charge is 0.308 e. The molecule has 1 aromatic heterocycles. The van der Waals surface area contributed by atoms with Gasteiger partial charge in [0.15, 0.2) is 5.82 Å². The fourth-order valence-corrected chi connectivity index (χ4v) is 3.46. The van der Waals surface area contributed by atoms with E-state index in [4.69, 9.17) is 9.97 Å². The molecule has 1 atom stereocenters. The average Bonchev–Trinajstić information content (AvgIpc) is 2.61. The Bertz CT molecular complexity index is 771. The lowest BCUT2D eigenvalue weighted by Crippen LogP contribution is -2.39. The van der Waals surface area contributed by atoms with Crippen LogP contribution >= 0.6 is 0 Å². The molecule has 1 aromatic carbocycles. The van der Waals surface area contributed by atoms with Gasteiger partial charge in [0.2, 0.25) is 0 Å². The molecule has 0 amide bonds. The first kappa shape index (κ1) is 17.4. The number of hydrogen-bond acceptors (Lipinski definition) is 4. The quantitative estimate of drug-likeness (QED) is 0.921. The fraction of sp³-hybridized carbons (Fsp3) is 0.450. The van der Waals surface area contributed by atoms with Crippen LogP contribution in [0.2, 0.25) is 0 Å². The molecule has 25 heavy (non-hydrogen) atoms. The van der Waals surface area contributed by atoms with E-state index in [2.05, 4.69) is 30.9 Å². The zero-order chi connectivity index (χ0) is 18.0. The van der Waals surface area contributed by atoms with Crippen LogP contribution in [0.15, 0.2) is 24.3 Å². The molecule has 0 spiro atoms. The molecule has 0 bridgehead atoms. The molecule has 0 aliphatic carbocycles. The number of carboxylic acids is 1. The summed E-state index contributed by atoms with van der Waals surface area (Å²) in [7, 11) is 0. The van der Waals surface area contributed by atoms with E-state index in [9.17, 15) is 9.90 Å². The van der Waals surface area contributed by atoms with Crippen LogP contribution in [0, 0.1) is 19.8 Å². The SMILES string of the molecule is CCc1c(C)nc(-c2ccc(C)cc2)nc1N1CCCC(C(=O)O)C1. The number of hydrogen-bond donors (Lipinski definition) is 1. The molecule has 1 unspecified atom stereocenters. The van der Waals surface area contributed by atoms with Crippen molar-refractivity contribution in [2.45, 2.75) is 40.0 Å². The molecular weight excluding hydrogens is 314 g/mol. The van der Waals surface area contributed by atoms with Gasteiger partial charge < -0.3 is 10.0 Å². The molecule has 3 rings (SSSR count). The second-order valence-electron chi connectivity index (χ2n) is 6.78. The maximum absolute atomic E-state index is 11.4. The van der Waals surface area contributed by atoms with Gasteiger partial charge in [0.1, 0.15) is 5.82 Å². The van der Waals surface area contributed by atoms with Gasteiger partial charge in [-0.25, -0.2) is 9.97 Å². The van der Waals surface area contributed by atoms with Crippen molar-refractivity contribution in [1.82, 2.24) is 9.97 Å². The highest BCUT2D eigenvalue weighted by Crippen LogP contribution is 2.29. The van der Waals surface area contributed by atoms with Crippen molar-refractivity contribution in [2.24, 2.45) is 5.92 Å². The highest BCUT2D eigenvalue weighted by atomic mass is 16.4. The largest absolute Gasteiger partial charge is 0.481 e. The van der Waals surface area contributed by atoms with Gasteiger partial charge in [-0.1, -0.05) is 36.8 Å². The van der Waals surface area contributed by atoms with Crippen LogP contribution < -0.4 is 4.90 Å². The van der Waals surface area contributed by atoms with Crippen molar-refractivity contribution < 1.29 is 9.90 Å². The molecule has 5 heteroatoms. The first-order valence-corrected chi connectivity index (χ1v) is 8.92. The number of anilines is 1. The van der Waals surface area contributed by atoms with E-state index in [-0.39, 0.29) is 5.92 Å². The second-order valence-corrected chi connectivity index (χ2v) is 6.78. The van der Waals surface area contributed by atoms with Crippen LogP contribution in [0.5, 0.6) is 0 Å². The number of piperidine rings is 1. The number of benzene rings is 1. The summed E-state index contributed by atoms with van der Waals surface area (Å²) in [5.74, 6) is 0.572. The van der Waals surface area contributed by atoms with Gasteiger partial charge in [-0.15, -0.1) is 0 Å². The van der Waals surface area contributed by atoms with E-state index in [1.165, 1.54) is 5.56 Å². The van der Waals surface area contributed by atoms with Crippen LogP contribution in [0.25, 0.3) is 11.4 Å². The highest BCUT2D eigenvalue weighted by molar-refractivity contribution is 5.71. The summed E-state index contributed by atoms with van der Waals surface area (Å²) in [4.78, 5) is 23.1. The molecule has 2 aromatic rings. The van der Waals surface area contributed by atoms with Gasteiger partial charge >= 0.3 is 5.97 Å². The van der Waals surface area contributed by atoms with Crippen LogP contribution in [-0.2, 0) is 11.2 Å². The van der Waals surface area contributed by atoms with Crippen molar-refractivity contribution in [3.63, 3.8) is 0 Å². The summed E-state index contributed by atoms with van der Waals surface area (Å²) >= 11 is 0. The van der Waals surface area contributed by atoms with E-state index in [1.807, 2.05) is 19.1 Å². The van der Waals surface area contributed by atoms with Crippen LogP contribution in [0.1, 0.15) is 36.6 Å². The van der Waals surface area contributed by atoms with E-state index in [1.54, 1.807) is 0 Å². The zero-order valence-electron chi connectivity index (χ0n) is 15.1. The number of nitrogens with zero attached hydrogens (tertiary/aromatic N) is 3. The summed E-state index contributed by atoms with van der Waals surface area (Å²) in [6, 6.07) is 8.19. The molecular formula is C20H25N3O2. The molecule has 1 N–H and O–H groups in total. The Labute approximate surface area is 148 Å². The first-order valence-electron chi connectivity index (χ1n) is 8.92. The van der Waals surface area contributed by atoms with Crippen molar-refractivity contribution in [3.05, 3.63) is 41.1 Å². The van der Waals surface area contributed by atoms with Gasteiger partial charge in [0, 0.05) is 29.9 Å². The van der Waals surface area contributed by atoms with Crippen molar-refractivity contribution in [3.8, 4) is 11.4 Å². The van der Waals surface area contributed by atoms with Gasteiger partial charge in [-0.3, -0.25) is 4.79 Å². The Morgan fingerprint density at radius 1 is 1.24 bits per heavy atom. The predicted octanol–water partition coefficient (Wildman–Crippen LogP) is 3.62. The summed E-state index contributed by atoms with van der Waals surface area (Å²) in [5, 5.41) is 9.38. The Hall–Kier alpha value is -2.43. The number of aryl methyl sites for hydroxylation is 2. The van der Waals surface area contributed by atoms with Gasteiger partial charge in [0.25, 0.3) is 0 Å². The van der Waals surface area contributed by atoms with E-state index in [0.717, 1.165) is 48.4 Å². The monoisotopic (exact) mass is 339 g/mol. The Morgan fingerprint density at radius 2 is 1.96 bits per heavy atom. The normalized spacial score (nSPS) is 17.6. The average molecular weight is 339 g/mol. The summed E-state index contributed by atoms with van der Waals surface area (Å²) < 4.78 is 0. The minimum Gasteiger partial charge on any atom is -0.481 e. The van der Waals surface area contributed by atoms with Crippen molar-refractivity contribution in [1.29, 1.82) is 0 Å². The molecule has 132 valence electrons. The maximum atomic E-state index is 11.4. The van der Waals surface area contributed by atoms with Gasteiger partial charge in [-0.2, -0.15) is 0 Å². The Morgan fingerprint density at radius 3 is 2.60 bits per heavy atom. The van der Waals surface area contributed by atoms with E-state index >= 15 is 0 Å². The predicted molar refractivity (Wildman–Crippen MR) is 98.9 cm³/mol. The summed E-state index contributed by atoms with van der Waals surface area (Å²) in [6.07, 6.45) is 2.45. The Balaban J connectivity index is 2.02. The van der Waals surface area contributed by atoms with E-state index in [0.29, 0.717) is 12.4 Å². The van der Waals surface area contributed by atoms with E-state index < -0.39 is 5.97 Å². The molecule has 1 saturated heterocycles. The Kier molecular flexibility index (Phi) is 5.02. The lowest BCUT2D eigenvalue weighted by molar-refractivity contribution is -0.141. The van der Waals surface area contributed by atoms with Gasteiger partial charge in [-0.05, 0) is 33.1 Å². The fourth-order valence-electron chi connectivity index (χ4n) is 3.46. The van der Waals surface area contributed by atoms with Crippen LogP contribution in [-0.4, -0.2) is 34.1 Å². The third-order valence-corrected chi connectivity index (χ3v) is 4.93. The number of carboxylic acid groups (broad SMARTS) is 1. The van der Waals surface area contributed by atoms with Crippen LogP contribution in [0.4, 0.5) is 5.82 Å². The highest BCUT2D eigenvalue weighted by Gasteiger charge is 2.28. The minimum absolute atomic E-state index is 0.323. The topological polar surface area (TPSA) is 66.3 Å². The first-order chi connectivity index (χ1) is 12.0. The van der Waals surface area contributed by atoms with Crippen molar-refractivity contribution in [2.75, 3.05) is 18.0 Å². The number of aliphatic carboxylic acids is 1. The molecule has 1 fully saturated rings. The maximum Gasteiger partial charge on any atom is 0.308 e. The summed E-state index contributed by atoms with van der Waals surface area (Å²) in [5.41, 5.74) is 4.28. The number of carbonyl (C=O) groups is 1. The third-order valence-electron chi connectivity index (χ3n) is 4.93. The number of rotatable bonds is 4. The molecule has 0 radical (unpaired) electrons. The van der Waals surface area contributed by atoms with Crippen LogP contribution in [0.3, 0.4) is 0 Å². The lowest BCUT2D eigenvalue weighted by atomic mass is 9.97. The second kappa shape index (κ2) is 7.21. The van der Waals surface area contributed by atoms with Gasteiger partial charge in [0.05, 0.1) is 5.92 Å². The molecule has 5 nitrogen and oxygen atoms in total. The number of aromatic nitrogens is 2. The lowest BCUT2D eigenvalue weighted by Gasteiger charge is -2.33. The molecule has 1 aliphatic heterocycles. The molecule has 0 saturated carbocycles. The molecule has 1 aliphatic rings. The zero-order valence-corrected chi connectivity index (χ0v) is 15.1.